The van der Waals surface area contributed by atoms with Crippen LogP contribution in [0.5, 0.6) is 0 Å². The van der Waals surface area contributed by atoms with Crippen molar-refractivity contribution in [2.75, 3.05) is 13.1 Å². The van der Waals surface area contributed by atoms with Gasteiger partial charge in [-0.3, -0.25) is 9.69 Å². The Kier molecular flexibility index (Phi) is 5.72. The zero-order valence-corrected chi connectivity index (χ0v) is 8.46. The van der Waals surface area contributed by atoms with Crippen LogP contribution in [0.2, 0.25) is 0 Å². The topological polar surface area (TPSA) is 29.5 Å². The van der Waals surface area contributed by atoms with E-state index in [2.05, 4.69) is 18.7 Å². The SMILES string of the molecule is CCC(=O)OC(C)N(CC)CC. The molecule has 0 radical (unpaired) electrons. The smallest absolute Gasteiger partial charge is 0.307 e. The number of hydrogen-bond acceptors (Lipinski definition) is 3. The molecular formula is C9H19NO2. The lowest BCUT2D eigenvalue weighted by molar-refractivity contribution is -0.156. The summed E-state index contributed by atoms with van der Waals surface area (Å²) in [5.74, 6) is -0.130. The molecule has 0 spiro atoms. The van der Waals surface area contributed by atoms with Crippen molar-refractivity contribution in [3.8, 4) is 0 Å². The Morgan fingerprint density at radius 2 is 1.83 bits per heavy atom. The van der Waals surface area contributed by atoms with Gasteiger partial charge in [0.25, 0.3) is 0 Å². The minimum atomic E-state index is -0.130. The van der Waals surface area contributed by atoms with Crippen LogP contribution in [0, 0.1) is 0 Å². The van der Waals surface area contributed by atoms with Crippen molar-refractivity contribution >= 4 is 5.97 Å². The summed E-state index contributed by atoms with van der Waals surface area (Å²) in [5, 5.41) is 0. The molecule has 0 saturated heterocycles. The summed E-state index contributed by atoms with van der Waals surface area (Å²) in [7, 11) is 0. The summed E-state index contributed by atoms with van der Waals surface area (Å²) in [6, 6.07) is 0. The number of ether oxygens (including phenoxy) is 1. The standard InChI is InChI=1S/C9H19NO2/c1-5-9(11)12-8(4)10(6-2)7-3/h8H,5-7H2,1-4H3. The van der Waals surface area contributed by atoms with E-state index in [0.29, 0.717) is 6.42 Å². The van der Waals surface area contributed by atoms with Crippen LogP contribution >= 0.6 is 0 Å². The molecule has 0 aliphatic rings. The predicted octanol–water partition coefficient (Wildman–Crippen LogP) is 1.63. The number of esters is 1. The maximum Gasteiger partial charge on any atom is 0.307 e. The van der Waals surface area contributed by atoms with Crippen molar-refractivity contribution in [2.24, 2.45) is 0 Å². The predicted molar refractivity (Wildman–Crippen MR) is 48.8 cm³/mol. The van der Waals surface area contributed by atoms with Crippen LogP contribution in [-0.2, 0) is 9.53 Å². The first-order valence-electron chi connectivity index (χ1n) is 4.59. The van der Waals surface area contributed by atoms with Crippen molar-refractivity contribution in [2.45, 2.75) is 40.3 Å². The minimum Gasteiger partial charge on any atom is -0.447 e. The second-order valence-electron chi connectivity index (χ2n) is 2.66. The van der Waals surface area contributed by atoms with Crippen LogP contribution in [0.3, 0.4) is 0 Å². The fourth-order valence-corrected chi connectivity index (χ4v) is 1.09. The lowest BCUT2D eigenvalue weighted by Gasteiger charge is -2.25. The molecule has 0 aromatic rings. The van der Waals surface area contributed by atoms with Crippen molar-refractivity contribution < 1.29 is 9.53 Å². The van der Waals surface area contributed by atoms with Gasteiger partial charge >= 0.3 is 5.97 Å². The molecule has 0 saturated carbocycles. The summed E-state index contributed by atoms with van der Waals surface area (Å²) in [6.07, 6.45) is 0.360. The van der Waals surface area contributed by atoms with E-state index in [0.717, 1.165) is 13.1 Å². The molecule has 72 valence electrons. The average Bonchev–Trinajstić information content (AvgIpc) is 2.06. The van der Waals surface area contributed by atoms with Crippen molar-refractivity contribution in [1.82, 2.24) is 4.90 Å². The normalized spacial score (nSPS) is 13.1. The first-order chi connectivity index (χ1) is 5.65. The van der Waals surface area contributed by atoms with Crippen LogP contribution in [0.1, 0.15) is 34.1 Å². The quantitative estimate of drug-likeness (QED) is 0.467. The molecule has 3 nitrogen and oxygen atoms in total. The van der Waals surface area contributed by atoms with Gasteiger partial charge in [0.2, 0.25) is 0 Å². The van der Waals surface area contributed by atoms with Crippen LogP contribution < -0.4 is 0 Å². The highest BCUT2D eigenvalue weighted by Gasteiger charge is 2.12. The molecule has 0 heterocycles. The van der Waals surface area contributed by atoms with Crippen molar-refractivity contribution in [3.63, 3.8) is 0 Å². The molecule has 0 amide bonds. The Bertz CT molecular complexity index is 132. The fraction of sp³-hybridized carbons (Fsp3) is 0.889. The number of rotatable bonds is 5. The van der Waals surface area contributed by atoms with Gasteiger partial charge in [-0.05, 0) is 20.0 Å². The Morgan fingerprint density at radius 1 is 1.33 bits per heavy atom. The molecule has 0 fully saturated rings. The molecule has 0 aliphatic heterocycles. The van der Waals surface area contributed by atoms with Gasteiger partial charge in [-0.2, -0.15) is 0 Å². The zero-order valence-electron chi connectivity index (χ0n) is 8.46. The number of carbonyl (C=O) groups excluding carboxylic acids is 1. The Morgan fingerprint density at radius 3 is 2.17 bits per heavy atom. The molecule has 0 aromatic heterocycles. The van der Waals surface area contributed by atoms with E-state index in [-0.39, 0.29) is 12.2 Å². The number of hydrogen-bond donors (Lipinski definition) is 0. The second-order valence-corrected chi connectivity index (χ2v) is 2.66. The molecule has 0 aromatic carbocycles. The molecule has 0 aliphatic carbocycles. The van der Waals surface area contributed by atoms with Crippen LogP contribution in [0.4, 0.5) is 0 Å². The zero-order chi connectivity index (χ0) is 9.56. The lowest BCUT2D eigenvalue weighted by atomic mass is 10.4. The second kappa shape index (κ2) is 6.00. The molecular weight excluding hydrogens is 154 g/mol. The Balaban J connectivity index is 3.83. The van der Waals surface area contributed by atoms with E-state index in [1.165, 1.54) is 0 Å². The van der Waals surface area contributed by atoms with Gasteiger partial charge in [0.1, 0.15) is 0 Å². The van der Waals surface area contributed by atoms with Gasteiger partial charge in [0, 0.05) is 6.42 Å². The minimum absolute atomic E-state index is 0.0903. The monoisotopic (exact) mass is 173 g/mol. The van der Waals surface area contributed by atoms with Gasteiger partial charge in [0.05, 0.1) is 0 Å². The fourth-order valence-electron chi connectivity index (χ4n) is 1.09. The van der Waals surface area contributed by atoms with Gasteiger partial charge < -0.3 is 4.74 Å². The van der Waals surface area contributed by atoms with E-state index in [1.807, 2.05) is 6.92 Å². The van der Waals surface area contributed by atoms with Gasteiger partial charge in [-0.15, -0.1) is 0 Å². The summed E-state index contributed by atoms with van der Waals surface area (Å²) >= 11 is 0. The van der Waals surface area contributed by atoms with E-state index >= 15 is 0 Å². The maximum atomic E-state index is 10.9. The van der Waals surface area contributed by atoms with E-state index in [1.54, 1.807) is 6.92 Å². The third kappa shape index (κ3) is 3.72. The Hall–Kier alpha value is -0.570. The molecule has 1 unspecified atom stereocenters. The first kappa shape index (κ1) is 11.4. The van der Waals surface area contributed by atoms with E-state index in [4.69, 9.17) is 4.74 Å². The van der Waals surface area contributed by atoms with Gasteiger partial charge in [0.15, 0.2) is 6.23 Å². The summed E-state index contributed by atoms with van der Waals surface area (Å²) in [5.41, 5.74) is 0. The van der Waals surface area contributed by atoms with Crippen molar-refractivity contribution in [1.29, 1.82) is 0 Å². The molecule has 0 bridgehead atoms. The van der Waals surface area contributed by atoms with Crippen LogP contribution in [0.25, 0.3) is 0 Å². The third-order valence-corrected chi connectivity index (χ3v) is 1.92. The van der Waals surface area contributed by atoms with Gasteiger partial charge in [-0.1, -0.05) is 20.8 Å². The molecule has 12 heavy (non-hydrogen) atoms. The lowest BCUT2D eigenvalue weighted by Crippen LogP contribution is -2.36. The Labute approximate surface area is 74.7 Å². The highest BCUT2D eigenvalue weighted by atomic mass is 16.6. The van der Waals surface area contributed by atoms with Crippen LogP contribution in [-0.4, -0.2) is 30.2 Å². The summed E-state index contributed by atoms with van der Waals surface area (Å²) in [6.45, 7) is 9.64. The van der Waals surface area contributed by atoms with Gasteiger partial charge in [-0.25, -0.2) is 0 Å². The highest BCUT2D eigenvalue weighted by Crippen LogP contribution is 2.01. The molecule has 3 heteroatoms. The molecule has 0 N–H and O–H groups in total. The van der Waals surface area contributed by atoms with Crippen molar-refractivity contribution in [3.05, 3.63) is 0 Å². The highest BCUT2D eigenvalue weighted by molar-refractivity contribution is 5.68. The van der Waals surface area contributed by atoms with Crippen LogP contribution in [0.15, 0.2) is 0 Å². The third-order valence-electron chi connectivity index (χ3n) is 1.92. The summed E-state index contributed by atoms with van der Waals surface area (Å²) in [4.78, 5) is 13.0. The maximum absolute atomic E-state index is 10.9. The molecule has 1 atom stereocenters. The number of nitrogens with zero attached hydrogens (tertiary/aromatic N) is 1. The van der Waals surface area contributed by atoms with E-state index < -0.39 is 0 Å². The first-order valence-corrected chi connectivity index (χ1v) is 4.59. The molecule has 0 rings (SSSR count). The average molecular weight is 173 g/mol. The number of carbonyl (C=O) groups is 1. The van der Waals surface area contributed by atoms with E-state index in [9.17, 15) is 4.79 Å². The largest absolute Gasteiger partial charge is 0.447 e. The summed E-state index contributed by atoms with van der Waals surface area (Å²) < 4.78 is 5.13.